The van der Waals surface area contributed by atoms with Crippen molar-refractivity contribution < 1.29 is 4.79 Å². The van der Waals surface area contributed by atoms with Gasteiger partial charge in [0.15, 0.2) is 0 Å². The van der Waals surface area contributed by atoms with Crippen molar-refractivity contribution in [3.05, 3.63) is 0 Å². The molecule has 58 valence electrons. The third kappa shape index (κ3) is 1.57. The molecule has 1 rings (SSSR count). The van der Waals surface area contributed by atoms with Crippen LogP contribution in [0.5, 0.6) is 0 Å². The number of Topliss-reactive ketones (excluding diaryl/α,β-unsaturated/α-hetero) is 1. The molecule has 0 heterocycles. The van der Waals surface area contributed by atoms with Crippen LogP contribution in [0.25, 0.3) is 0 Å². The minimum absolute atomic E-state index is 0.191. The molecule has 1 unspecified atom stereocenters. The highest BCUT2D eigenvalue weighted by atomic mass is 16.1. The fourth-order valence-electron chi connectivity index (χ4n) is 1.46. The molecule has 0 aliphatic heterocycles. The van der Waals surface area contributed by atoms with E-state index in [1.807, 2.05) is 0 Å². The largest absolute Gasteiger partial charge is 0.321 e. The van der Waals surface area contributed by atoms with Gasteiger partial charge in [0.25, 0.3) is 0 Å². The molecule has 0 radical (unpaired) electrons. The minimum atomic E-state index is -0.191. The van der Waals surface area contributed by atoms with Gasteiger partial charge in [0, 0.05) is 6.42 Å². The Morgan fingerprint density at radius 2 is 2.20 bits per heavy atom. The van der Waals surface area contributed by atoms with Crippen LogP contribution in [-0.4, -0.2) is 11.8 Å². The summed E-state index contributed by atoms with van der Waals surface area (Å²) in [4.78, 5) is 11.0. The summed E-state index contributed by atoms with van der Waals surface area (Å²) in [6.07, 6.45) is 2.53. The van der Waals surface area contributed by atoms with Crippen molar-refractivity contribution in [1.29, 1.82) is 0 Å². The summed E-state index contributed by atoms with van der Waals surface area (Å²) in [5.41, 5.74) is 5.89. The lowest BCUT2D eigenvalue weighted by atomic mass is 9.75. The van der Waals surface area contributed by atoms with Crippen LogP contribution in [0.2, 0.25) is 0 Å². The van der Waals surface area contributed by atoms with Crippen molar-refractivity contribution in [3.8, 4) is 0 Å². The highest BCUT2D eigenvalue weighted by molar-refractivity contribution is 5.84. The smallest absolute Gasteiger partial charge is 0.149 e. The second kappa shape index (κ2) is 2.35. The number of ketones is 1. The van der Waals surface area contributed by atoms with Crippen molar-refractivity contribution in [2.45, 2.75) is 39.2 Å². The SMILES string of the molecule is CC1(C)CCC(=O)C(N)C1. The molecule has 0 amide bonds. The topological polar surface area (TPSA) is 43.1 Å². The van der Waals surface area contributed by atoms with Crippen LogP contribution in [-0.2, 0) is 4.79 Å². The number of rotatable bonds is 0. The van der Waals surface area contributed by atoms with Gasteiger partial charge >= 0.3 is 0 Å². The van der Waals surface area contributed by atoms with Gasteiger partial charge in [-0.25, -0.2) is 0 Å². The predicted molar refractivity (Wildman–Crippen MR) is 40.6 cm³/mol. The summed E-state index contributed by atoms with van der Waals surface area (Å²) >= 11 is 0. The molecule has 0 bridgehead atoms. The Bertz CT molecular complexity index is 151. The molecule has 1 saturated carbocycles. The van der Waals surface area contributed by atoms with Crippen LogP contribution >= 0.6 is 0 Å². The lowest BCUT2D eigenvalue weighted by Crippen LogP contribution is -2.40. The summed E-state index contributed by atoms with van der Waals surface area (Å²) in [6, 6.07) is -0.191. The maximum atomic E-state index is 11.0. The summed E-state index contributed by atoms with van der Waals surface area (Å²) in [5, 5.41) is 0. The van der Waals surface area contributed by atoms with Crippen LogP contribution in [0.4, 0.5) is 0 Å². The van der Waals surface area contributed by atoms with Gasteiger partial charge in [0.05, 0.1) is 6.04 Å². The lowest BCUT2D eigenvalue weighted by Gasteiger charge is -2.32. The van der Waals surface area contributed by atoms with Crippen LogP contribution < -0.4 is 5.73 Å². The summed E-state index contributed by atoms with van der Waals surface area (Å²) < 4.78 is 0. The second-order valence-electron chi connectivity index (χ2n) is 3.94. The third-order valence-electron chi connectivity index (χ3n) is 2.23. The molecule has 1 fully saturated rings. The van der Waals surface area contributed by atoms with Crippen molar-refractivity contribution >= 4 is 5.78 Å². The average Bonchev–Trinajstić information content (AvgIpc) is 1.79. The molecule has 1 atom stereocenters. The molecule has 1 aliphatic carbocycles. The Morgan fingerprint density at radius 1 is 1.60 bits per heavy atom. The van der Waals surface area contributed by atoms with Crippen LogP contribution in [0.3, 0.4) is 0 Å². The quantitative estimate of drug-likeness (QED) is 0.548. The molecule has 0 aromatic carbocycles. The first kappa shape index (κ1) is 7.73. The molecular formula is C8H15NO. The first-order valence-corrected chi connectivity index (χ1v) is 3.80. The monoisotopic (exact) mass is 141 g/mol. The van der Waals surface area contributed by atoms with Crippen molar-refractivity contribution in [2.24, 2.45) is 11.1 Å². The third-order valence-corrected chi connectivity index (χ3v) is 2.23. The molecule has 2 nitrogen and oxygen atoms in total. The van der Waals surface area contributed by atoms with E-state index in [4.69, 9.17) is 5.73 Å². The first-order valence-electron chi connectivity index (χ1n) is 3.80. The van der Waals surface area contributed by atoms with Crippen molar-refractivity contribution in [2.75, 3.05) is 0 Å². The second-order valence-corrected chi connectivity index (χ2v) is 3.94. The van der Waals surface area contributed by atoms with E-state index in [2.05, 4.69) is 13.8 Å². The van der Waals surface area contributed by atoms with E-state index in [9.17, 15) is 4.79 Å². The highest BCUT2D eigenvalue weighted by Gasteiger charge is 2.30. The lowest BCUT2D eigenvalue weighted by molar-refractivity contribution is -0.123. The Hall–Kier alpha value is -0.370. The fourth-order valence-corrected chi connectivity index (χ4v) is 1.46. The average molecular weight is 141 g/mol. The molecule has 2 heteroatoms. The molecule has 2 N–H and O–H groups in total. The zero-order valence-electron chi connectivity index (χ0n) is 6.68. The van der Waals surface area contributed by atoms with E-state index in [1.165, 1.54) is 0 Å². The van der Waals surface area contributed by atoms with E-state index >= 15 is 0 Å². The standard InChI is InChI=1S/C8H15NO/c1-8(2)4-3-7(10)6(9)5-8/h6H,3-5,9H2,1-2H3. The molecule has 10 heavy (non-hydrogen) atoms. The Balaban J connectivity index is 2.57. The Morgan fingerprint density at radius 3 is 2.60 bits per heavy atom. The van der Waals surface area contributed by atoms with Gasteiger partial charge in [0.1, 0.15) is 5.78 Å². The molecule has 0 spiro atoms. The molecule has 0 aromatic heterocycles. The summed E-state index contributed by atoms with van der Waals surface area (Å²) in [6.45, 7) is 4.33. The maximum absolute atomic E-state index is 11.0. The fraction of sp³-hybridized carbons (Fsp3) is 0.875. The van der Waals surface area contributed by atoms with Crippen LogP contribution in [0, 0.1) is 5.41 Å². The van der Waals surface area contributed by atoms with Gasteiger partial charge in [-0.3, -0.25) is 4.79 Å². The van der Waals surface area contributed by atoms with E-state index in [1.54, 1.807) is 0 Å². The Kier molecular flexibility index (Phi) is 1.82. The first-order chi connectivity index (χ1) is 4.51. The number of hydrogen-bond acceptors (Lipinski definition) is 2. The van der Waals surface area contributed by atoms with Crippen molar-refractivity contribution in [1.82, 2.24) is 0 Å². The van der Waals surface area contributed by atoms with Crippen molar-refractivity contribution in [3.63, 3.8) is 0 Å². The van der Waals surface area contributed by atoms with E-state index in [-0.39, 0.29) is 17.2 Å². The zero-order valence-corrected chi connectivity index (χ0v) is 6.68. The van der Waals surface area contributed by atoms with Crippen LogP contribution in [0.1, 0.15) is 33.1 Å². The van der Waals surface area contributed by atoms with E-state index in [0.29, 0.717) is 6.42 Å². The van der Waals surface area contributed by atoms with Gasteiger partial charge in [0.2, 0.25) is 0 Å². The molecule has 0 saturated heterocycles. The van der Waals surface area contributed by atoms with Gasteiger partial charge < -0.3 is 5.73 Å². The molecular weight excluding hydrogens is 126 g/mol. The van der Waals surface area contributed by atoms with Crippen LogP contribution in [0.15, 0.2) is 0 Å². The van der Waals surface area contributed by atoms with E-state index in [0.717, 1.165) is 12.8 Å². The minimum Gasteiger partial charge on any atom is -0.321 e. The van der Waals surface area contributed by atoms with Gasteiger partial charge in [-0.15, -0.1) is 0 Å². The number of hydrogen-bond donors (Lipinski definition) is 1. The van der Waals surface area contributed by atoms with E-state index < -0.39 is 0 Å². The normalized spacial score (nSPS) is 32.3. The highest BCUT2D eigenvalue weighted by Crippen LogP contribution is 2.32. The number of carbonyl (C=O) groups excluding carboxylic acids is 1. The predicted octanol–water partition coefficient (Wildman–Crippen LogP) is 1.09. The molecule has 0 aromatic rings. The van der Waals surface area contributed by atoms with Gasteiger partial charge in [-0.2, -0.15) is 0 Å². The zero-order chi connectivity index (χ0) is 7.78. The van der Waals surface area contributed by atoms with Gasteiger partial charge in [-0.05, 0) is 18.3 Å². The maximum Gasteiger partial charge on any atom is 0.149 e. The summed E-state index contributed by atoms with van der Waals surface area (Å²) in [5.74, 6) is 0.235. The number of carbonyl (C=O) groups is 1. The molecule has 1 aliphatic rings. The summed E-state index contributed by atoms with van der Waals surface area (Å²) in [7, 11) is 0. The van der Waals surface area contributed by atoms with Gasteiger partial charge in [-0.1, -0.05) is 13.8 Å². The number of nitrogens with two attached hydrogens (primary N) is 1. The Labute approximate surface area is 61.8 Å².